The maximum absolute atomic E-state index is 13.4. The van der Waals surface area contributed by atoms with Crippen LogP contribution in [-0.4, -0.2) is 11.2 Å². The third-order valence-electron chi connectivity index (χ3n) is 2.07. The Hall–Kier alpha value is -1.26. The zero-order valence-electron chi connectivity index (χ0n) is 10.4. The summed E-state index contributed by atoms with van der Waals surface area (Å²) in [5.41, 5.74) is 0.0382. The molecule has 0 fully saturated rings. The summed E-state index contributed by atoms with van der Waals surface area (Å²) < 4.78 is 51.3. The normalized spacial score (nSPS) is 13.6. The van der Waals surface area contributed by atoms with Crippen LogP contribution in [0, 0.1) is 6.92 Å². The van der Waals surface area contributed by atoms with Crippen molar-refractivity contribution in [3.05, 3.63) is 28.8 Å². The van der Waals surface area contributed by atoms with Crippen molar-refractivity contribution in [3.63, 3.8) is 0 Å². The van der Waals surface area contributed by atoms with Crippen molar-refractivity contribution in [3.8, 4) is 0 Å². The topological polar surface area (TPSA) is 15.8 Å². The molecular weight excluding hydrogens is 234 g/mol. The maximum atomic E-state index is 13.4. The summed E-state index contributed by atoms with van der Waals surface area (Å²) in [7, 11) is 0. The minimum absolute atomic E-state index is 0.0826. The maximum Gasteiger partial charge on any atom is 0.170 e. The Morgan fingerprint density at radius 1 is 1.35 bits per heavy atom. The fraction of sp³-hybridized carbons (Fsp3) is 0.500. The zero-order chi connectivity index (χ0) is 13.6. The van der Waals surface area contributed by atoms with Crippen LogP contribution in [0.2, 0.25) is 0 Å². The molecule has 0 aliphatic heterocycles. The van der Waals surface area contributed by atoms with E-state index >= 15 is 0 Å². The molecule has 0 aromatic carbocycles. The lowest BCUT2D eigenvalue weighted by atomic mass is 10.1. The van der Waals surface area contributed by atoms with Gasteiger partial charge in [0.2, 0.25) is 0 Å². The molecule has 0 aliphatic carbocycles. The van der Waals surface area contributed by atoms with E-state index in [4.69, 9.17) is 0 Å². The van der Waals surface area contributed by atoms with Gasteiger partial charge in [0, 0.05) is 11.8 Å². The first kappa shape index (κ1) is 15.7. The smallest absolute Gasteiger partial charge is 0.170 e. The Morgan fingerprint density at radius 2 is 1.88 bits per heavy atom. The second kappa shape index (κ2) is 7.14. The van der Waals surface area contributed by atoms with E-state index in [0.717, 1.165) is 6.92 Å². The molecule has 0 amide bonds. The van der Waals surface area contributed by atoms with Gasteiger partial charge in [-0.25, -0.2) is 17.6 Å². The molecule has 17 heavy (non-hydrogen) atoms. The number of rotatable bonds is 3. The molecule has 0 radical (unpaired) electrons. The highest BCUT2D eigenvalue weighted by Crippen LogP contribution is 2.30. The van der Waals surface area contributed by atoms with E-state index in [2.05, 4.69) is 4.98 Å². The SMILES string of the molecule is CC.Cc1c[nH]c(CF)c1/C(F)=C(/F)C(C)F. The number of aryl methyl sites for hydroxylation is 1. The van der Waals surface area contributed by atoms with Gasteiger partial charge in [0.05, 0.1) is 5.69 Å². The number of hydrogen-bond donors (Lipinski definition) is 1. The van der Waals surface area contributed by atoms with Crippen molar-refractivity contribution in [1.29, 1.82) is 0 Å². The molecule has 0 spiro atoms. The van der Waals surface area contributed by atoms with Crippen molar-refractivity contribution in [1.82, 2.24) is 4.98 Å². The Balaban J connectivity index is 0.00000121. The minimum atomic E-state index is -2.04. The zero-order valence-corrected chi connectivity index (χ0v) is 10.4. The van der Waals surface area contributed by atoms with E-state index in [9.17, 15) is 17.6 Å². The quantitative estimate of drug-likeness (QED) is 0.744. The molecule has 5 heteroatoms. The van der Waals surface area contributed by atoms with Crippen LogP contribution >= 0.6 is 0 Å². The van der Waals surface area contributed by atoms with Gasteiger partial charge in [-0.15, -0.1) is 0 Å². The predicted molar refractivity (Wildman–Crippen MR) is 61.4 cm³/mol. The van der Waals surface area contributed by atoms with Crippen LogP contribution in [0.5, 0.6) is 0 Å². The summed E-state index contributed by atoms with van der Waals surface area (Å²) in [5, 5.41) is 0. The van der Waals surface area contributed by atoms with Crippen molar-refractivity contribution in [2.75, 3.05) is 0 Å². The molecule has 0 aliphatic rings. The summed E-state index contributed by atoms with van der Waals surface area (Å²) in [6.07, 6.45) is -0.688. The average molecular weight is 251 g/mol. The predicted octanol–water partition coefficient (Wildman–Crippen LogP) is 4.78. The lowest BCUT2D eigenvalue weighted by molar-refractivity contribution is 0.346. The summed E-state index contributed by atoms with van der Waals surface area (Å²) in [6, 6.07) is 0. The number of aromatic amines is 1. The van der Waals surface area contributed by atoms with Crippen LogP contribution in [0.4, 0.5) is 17.6 Å². The first-order valence-corrected chi connectivity index (χ1v) is 5.41. The lowest BCUT2D eigenvalue weighted by Gasteiger charge is -2.03. The lowest BCUT2D eigenvalue weighted by Crippen LogP contribution is -1.97. The van der Waals surface area contributed by atoms with Gasteiger partial charge < -0.3 is 4.98 Å². The number of halogens is 4. The van der Waals surface area contributed by atoms with Crippen LogP contribution in [0.25, 0.3) is 5.83 Å². The molecule has 1 aromatic heterocycles. The Morgan fingerprint density at radius 3 is 2.29 bits per heavy atom. The molecule has 1 rings (SSSR count). The molecule has 0 bridgehead atoms. The van der Waals surface area contributed by atoms with Crippen LogP contribution in [0.1, 0.15) is 37.6 Å². The van der Waals surface area contributed by atoms with E-state index in [-0.39, 0.29) is 11.3 Å². The van der Waals surface area contributed by atoms with Gasteiger partial charge in [-0.2, -0.15) is 0 Å². The largest absolute Gasteiger partial charge is 0.362 e. The number of hydrogen-bond acceptors (Lipinski definition) is 0. The van der Waals surface area contributed by atoms with Crippen molar-refractivity contribution >= 4 is 5.83 Å². The molecule has 0 saturated heterocycles. The highest BCUT2D eigenvalue weighted by Gasteiger charge is 2.20. The number of nitrogens with one attached hydrogen (secondary N) is 1. The van der Waals surface area contributed by atoms with Gasteiger partial charge in [0.15, 0.2) is 17.8 Å². The third-order valence-corrected chi connectivity index (χ3v) is 2.07. The number of alkyl halides is 2. The summed E-state index contributed by atoms with van der Waals surface area (Å²) in [5.74, 6) is -2.84. The monoisotopic (exact) mass is 251 g/mol. The Kier molecular flexibility index (Phi) is 6.61. The molecule has 98 valence electrons. The highest BCUT2D eigenvalue weighted by molar-refractivity contribution is 5.66. The van der Waals surface area contributed by atoms with Crippen LogP contribution < -0.4 is 0 Å². The fourth-order valence-corrected chi connectivity index (χ4v) is 1.28. The first-order valence-electron chi connectivity index (χ1n) is 5.41. The molecule has 1 atom stereocenters. The van der Waals surface area contributed by atoms with Gasteiger partial charge in [0.1, 0.15) is 6.67 Å². The van der Waals surface area contributed by atoms with E-state index in [1.54, 1.807) is 0 Å². The summed E-state index contributed by atoms with van der Waals surface area (Å²) in [4.78, 5) is 2.46. The molecular formula is C12H17F4N. The third kappa shape index (κ3) is 3.61. The first-order chi connectivity index (χ1) is 7.99. The minimum Gasteiger partial charge on any atom is -0.362 e. The van der Waals surface area contributed by atoms with Crippen molar-refractivity contribution in [2.24, 2.45) is 0 Å². The van der Waals surface area contributed by atoms with E-state index in [1.165, 1.54) is 13.1 Å². The van der Waals surface area contributed by atoms with E-state index in [1.807, 2.05) is 13.8 Å². The standard InChI is InChI=1S/C10H11F4N.C2H6/c1-5-4-15-7(3-11)8(5)10(14)9(13)6(2)12;1-2/h4,6,15H,3H2,1-2H3;1-2H3/b10-9-;. The Bertz CT molecular complexity index is 380. The Labute approximate surface area is 98.5 Å². The molecule has 0 saturated carbocycles. The molecule has 1 aromatic rings. The summed E-state index contributed by atoms with van der Waals surface area (Å²) >= 11 is 0. The van der Waals surface area contributed by atoms with Crippen molar-refractivity contribution in [2.45, 2.75) is 40.5 Å². The second-order valence-corrected chi connectivity index (χ2v) is 3.24. The van der Waals surface area contributed by atoms with Gasteiger partial charge in [-0.1, -0.05) is 13.8 Å². The van der Waals surface area contributed by atoms with Gasteiger partial charge in [-0.05, 0) is 19.4 Å². The molecule has 1 heterocycles. The molecule has 1 unspecified atom stereocenters. The van der Waals surface area contributed by atoms with Gasteiger partial charge in [-0.3, -0.25) is 0 Å². The van der Waals surface area contributed by atoms with Crippen LogP contribution in [-0.2, 0) is 6.67 Å². The average Bonchev–Trinajstić information content (AvgIpc) is 2.70. The van der Waals surface area contributed by atoms with E-state index < -0.39 is 24.5 Å². The molecule has 1 N–H and O–H groups in total. The molecule has 1 nitrogen and oxygen atoms in total. The number of H-pyrrole nitrogens is 1. The van der Waals surface area contributed by atoms with E-state index in [0.29, 0.717) is 5.56 Å². The van der Waals surface area contributed by atoms with Crippen molar-refractivity contribution < 1.29 is 17.6 Å². The van der Waals surface area contributed by atoms with Crippen LogP contribution in [0.3, 0.4) is 0 Å². The van der Waals surface area contributed by atoms with Gasteiger partial charge in [0.25, 0.3) is 0 Å². The number of aromatic nitrogens is 1. The summed E-state index contributed by atoms with van der Waals surface area (Å²) in [6.45, 7) is 5.41. The number of allylic oxidation sites excluding steroid dienone is 1. The fourth-order valence-electron chi connectivity index (χ4n) is 1.28. The highest BCUT2D eigenvalue weighted by atomic mass is 19.2. The van der Waals surface area contributed by atoms with Crippen LogP contribution in [0.15, 0.2) is 12.0 Å². The van der Waals surface area contributed by atoms with Gasteiger partial charge >= 0.3 is 0 Å². The second-order valence-electron chi connectivity index (χ2n) is 3.24.